The molecule has 0 aliphatic carbocycles. The van der Waals surface area contributed by atoms with Crippen molar-refractivity contribution in [3.8, 4) is 0 Å². The zero-order valence-electron chi connectivity index (χ0n) is 11.6. The molecule has 0 saturated carbocycles. The molecule has 5 nitrogen and oxygen atoms in total. The molecule has 0 aliphatic heterocycles. The lowest BCUT2D eigenvalue weighted by Gasteiger charge is -2.20. The van der Waals surface area contributed by atoms with E-state index in [2.05, 4.69) is 5.32 Å². The van der Waals surface area contributed by atoms with Crippen LogP contribution in [0, 0.1) is 18.7 Å². The van der Waals surface area contributed by atoms with E-state index in [4.69, 9.17) is 0 Å². The van der Waals surface area contributed by atoms with Gasteiger partial charge in [0.15, 0.2) is 0 Å². The molecule has 0 spiro atoms. The van der Waals surface area contributed by atoms with Crippen LogP contribution in [0.4, 0.5) is 10.1 Å². The average Bonchev–Trinajstić information content (AvgIpc) is 2.28. The van der Waals surface area contributed by atoms with Gasteiger partial charge in [0.2, 0.25) is 5.91 Å². The predicted molar refractivity (Wildman–Crippen MR) is 75.1 cm³/mol. The first-order valence-corrected chi connectivity index (χ1v) is 7.91. The molecular formula is C13H19FNO4P. The Kier molecular flexibility index (Phi) is 5.45. The number of benzene rings is 1. The summed E-state index contributed by atoms with van der Waals surface area (Å²) >= 11 is 0. The summed E-state index contributed by atoms with van der Waals surface area (Å²) in [7, 11) is -4.58. The van der Waals surface area contributed by atoms with Crippen molar-refractivity contribution in [2.45, 2.75) is 32.9 Å². The maximum absolute atomic E-state index is 13.6. The SMILES string of the molecule is Cc1ccc(NC(=O)C(CC(C)C)P(=O)(O)O)c(F)c1. The summed E-state index contributed by atoms with van der Waals surface area (Å²) in [6, 6.07) is 4.22. The van der Waals surface area contributed by atoms with E-state index in [1.54, 1.807) is 26.8 Å². The summed E-state index contributed by atoms with van der Waals surface area (Å²) in [6.07, 6.45) is 0.0313. The van der Waals surface area contributed by atoms with E-state index in [-0.39, 0.29) is 18.0 Å². The van der Waals surface area contributed by atoms with Gasteiger partial charge in [0, 0.05) is 0 Å². The topological polar surface area (TPSA) is 86.6 Å². The van der Waals surface area contributed by atoms with Crippen LogP contribution in [-0.2, 0) is 9.36 Å². The minimum Gasteiger partial charge on any atom is -0.324 e. The first-order chi connectivity index (χ1) is 9.11. The number of hydrogen-bond acceptors (Lipinski definition) is 2. The summed E-state index contributed by atoms with van der Waals surface area (Å²) in [6.45, 7) is 5.21. The minimum atomic E-state index is -4.58. The highest BCUT2D eigenvalue weighted by Gasteiger charge is 2.36. The van der Waals surface area contributed by atoms with Gasteiger partial charge in [-0.05, 0) is 37.0 Å². The molecule has 0 radical (unpaired) electrons. The standard InChI is InChI=1S/C13H19FNO4P/c1-8(2)6-12(20(17,18)19)13(16)15-11-5-4-9(3)7-10(11)14/h4-5,7-8,12H,6H2,1-3H3,(H,15,16)(H2,17,18,19). The van der Waals surface area contributed by atoms with Crippen molar-refractivity contribution in [2.75, 3.05) is 5.32 Å². The Morgan fingerprint density at radius 1 is 1.40 bits per heavy atom. The Labute approximate surface area is 117 Å². The van der Waals surface area contributed by atoms with E-state index in [0.29, 0.717) is 5.56 Å². The predicted octanol–water partition coefficient (Wildman–Crippen LogP) is 2.67. The summed E-state index contributed by atoms with van der Waals surface area (Å²) in [5.41, 5.74) is -0.861. The molecule has 0 aliphatic rings. The molecule has 3 N–H and O–H groups in total. The molecule has 7 heteroatoms. The van der Waals surface area contributed by atoms with Crippen LogP contribution in [0.2, 0.25) is 0 Å². The molecule has 1 rings (SSSR count). The fourth-order valence-electron chi connectivity index (χ4n) is 1.78. The Bertz CT molecular complexity index is 541. The summed E-state index contributed by atoms with van der Waals surface area (Å²) < 4.78 is 25.0. The normalized spacial score (nSPS) is 13.3. The molecule has 1 amide bonds. The van der Waals surface area contributed by atoms with Gasteiger partial charge >= 0.3 is 7.60 Å². The zero-order chi connectivity index (χ0) is 15.5. The third-order valence-corrected chi connectivity index (χ3v) is 4.04. The maximum atomic E-state index is 13.6. The molecule has 1 atom stereocenters. The second-order valence-corrected chi connectivity index (χ2v) is 7.01. The molecule has 0 fully saturated rings. The van der Waals surface area contributed by atoms with Crippen molar-refractivity contribution in [1.29, 1.82) is 0 Å². The van der Waals surface area contributed by atoms with Gasteiger partial charge < -0.3 is 15.1 Å². The molecule has 112 valence electrons. The highest BCUT2D eigenvalue weighted by Crippen LogP contribution is 2.44. The first kappa shape index (κ1) is 16.8. The Hall–Kier alpha value is -1.23. The smallest absolute Gasteiger partial charge is 0.324 e. The van der Waals surface area contributed by atoms with Crippen LogP contribution in [0.25, 0.3) is 0 Å². The van der Waals surface area contributed by atoms with Gasteiger partial charge in [-0.15, -0.1) is 0 Å². The van der Waals surface area contributed by atoms with Crippen LogP contribution in [0.15, 0.2) is 18.2 Å². The van der Waals surface area contributed by atoms with Crippen molar-refractivity contribution in [3.63, 3.8) is 0 Å². The van der Waals surface area contributed by atoms with Crippen LogP contribution in [0.3, 0.4) is 0 Å². The lowest BCUT2D eigenvalue weighted by atomic mass is 10.1. The van der Waals surface area contributed by atoms with Gasteiger partial charge in [0.1, 0.15) is 11.5 Å². The van der Waals surface area contributed by atoms with Gasteiger partial charge in [-0.3, -0.25) is 9.36 Å². The molecule has 0 heterocycles. The summed E-state index contributed by atoms with van der Waals surface area (Å²) in [5, 5.41) is 2.24. The lowest BCUT2D eigenvalue weighted by Crippen LogP contribution is -2.29. The molecule has 20 heavy (non-hydrogen) atoms. The van der Waals surface area contributed by atoms with Crippen molar-refractivity contribution >= 4 is 19.2 Å². The maximum Gasteiger partial charge on any atom is 0.337 e. The van der Waals surface area contributed by atoms with Gasteiger partial charge in [-0.2, -0.15) is 0 Å². The van der Waals surface area contributed by atoms with E-state index in [9.17, 15) is 23.5 Å². The van der Waals surface area contributed by atoms with E-state index in [1.165, 1.54) is 12.1 Å². The monoisotopic (exact) mass is 303 g/mol. The van der Waals surface area contributed by atoms with E-state index in [1.807, 2.05) is 0 Å². The Balaban J connectivity index is 2.94. The summed E-state index contributed by atoms with van der Waals surface area (Å²) in [4.78, 5) is 30.5. The average molecular weight is 303 g/mol. The van der Waals surface area contributed by atoms with E-state index < -0.39 is 25.0 Å². The lowest BCUT2D eigenvalue weighted by molar-refractivity contribution is -0.116. The molecule has 1 aromatic rings. The van der Waals surface area contributed by atoms with E-state index >= 15 is 0 Å². The second kappa shape index (κ2) is 6.48. The van der Waals surface area contributed by atoms with E-state index in [0.717, 1.165) is 0 Å². The Morgan fingerprint density at radius 3 is 2.45 bits per heavy atom. The largest absolute Gasteiger partial charge is 0.337 e. The third-order valence-electron chi connectivity index (χ3n) is 2.79. The third kappa shape index (κ3) is 4.71. The number of halogens is 1. The molecule has 1 unspecified atom stereocenters. The highest BCUT2D eigenvalue weighted by atomic mass is 31.2. The fraction of sp³-hybridized carbons (Fsp3) is 0.462. The van der Waals surface area contributed by atoms with Gasteiger partial charge in [-0.1, -0.05) is 19.9 Å². The first-order valence-electron chi connectivity index (χ1n) is 6.23. The number of amides is 1. The van der Waals surface area contributed by atoms with Gasteiger partial charge in [0.25, 0.3) is 0 Å². The molecule has 0 bridgehead atoms. The quantitative estimate of drug-likeness (QED) is 0.730. The fourth-order valence-corrected chi connectivity index (χ4v) is 2.85. The van der Waals surface area contributed by atoms with Crippen LogP contribution < -0.4 is 5.32 Å². The summed E-state index contributed by atoms with van der Waals surface area (Å²) in [5.74, 6) is -1.57. The van der Waals surface area contributed by atoms with Crippen LogP contribution in [-0.4, -0.2) is 21.4 Å². The number of aryl methyl sites for hydroxylation is 1. The van der Waals surface area contributed by atoms with Crippen molar-refractivity contribution in [2.24, 2.45) is 5.92 Å². The molecule has 0 saturated heterocycles. The van der Waals surface area contributed by atoms with Gasteiger partial charge in [-0.25, -0.2) is 4.39 Å². The number of rotatable bonds is 5. The molecule has 0 aromatic heterocycles. The second-order valence-electron chi connectivity index (χ2n) is 5.21. The molecule has 1 aromatic carbocycles. The highest BCUT2D eigenvalue weighted by molar-refractivity contribution is 7.53. The van der Waals surface area contributed by atoms with Crippen molar-refractivity contribution in [1.82, 2.24) is 0 Å². The molecular weight excluding hydrogens is 284 g/mol. The number of hydrogen-bond donors (Lipinski definition) is 3. The number of carbonyl (C=O) groups excluding carboxylic acids is 1. The number of carbonyl (C=O) groups is 1. The zero-order valence-corrected chi connectivity index (χ0v) is 12.5. The van der Waals surface area contributed by atoms with Crippen molar-refractivity contribution < 1.29 is 23.5 Å². The number of nitrogens with one attached hydrogen (secondary N) is 1. The van der Waals surface area contributed by atoms with Crippen LogP contribution >= 0.6 is 7.60 Å². The van der Waals surface area contributed by atoms with Gasteiger partial charge in [0.05, 0.1) is 5.69 Å². The van der Waals surface area contributed by atoms with Crippen LogP contribution in [0.5, 0.6) is 0 Å². The van der Waals surface area contributed by atoms with Crippen molar-refractivity contribution in [3.05, 3.63) is 29.6 Å². The van der Waals surface area contributed by atoms with Crippen LogP contribution in [0.1, 0.15) is 25.8 Å². The number of anilines is 1. The minimum absolute atomic E-state index is 0.0313. The Morgan fingerprint density at radius 2 is 2.00 bits per heavy atom.